The molecule has 2 atom stereocenters. The molecule has 2 aliphatic rings. The lowest BCUT2D eigenvalue weighted by atomic mass is 9.81. The van der Waals surface area contributed by atoms with Crippen LogP contribution >= 0.6 is 0 Å². The lowest BCUT2D eigenvalue weighted by Crippen LogP contribution is -2.40. The summed E-state index contributed by atoms with van der Waals surface area (Å²) in [5.74, 6) is 0.869. The van der Waals surface area contributed by atoms with Crippen LogP contribution in [0.25, 0.3) is 0 Å². The zero-order chi connectivity index (χ0) is 11.3. The van der Waals surface area contributed by atoms with Crippen LogP contribution in [0.3, 0.4) is 0 Å². The van der Waals surface area contributed by atoms with Crippen LogP contribution in [0.15, 0.2) is 18.2 Å². The number of ketones is 1. The molecule has 0 bridgehead atoms. The van der Waals surface area contributed by atoms with Crippen molar-refractivity contribution in [2.24, 2.45) is 0 Å². The Morgan fingerprint density at radius 3 is 3.00 bits per heavy atom. The molecule has 0 amide bonds. The minimum atomic E-state index is 0.116. The monoisotopic (exact) mass is 215 g/mol. The van der Waals surface area contributed by atoms with Crippen molar-refractivity contribution < 1.29 is 4.79 Å². The fraction of sp³-hybridized carbons (Fsp3) is 0.500. The third-order valence-electron chi connectivity index (χ3n) is 4.03. The predicted octanol–water partition coefficient (Wildman–Crippen LogP) is 2.65. The Morgan fingerprint density at radius 2 is 2.19 bits per heavy atom. The molecule has 1 aromatic rings. The summed E-state index contributed by atoms with van der Waals surface area (Å²) in [6, 6.07) is 6.67. The van der Waals surface area contributed by atoms with Crippen molar-refractivity contribution in [3.05, 3.63) is 29.3 Å². The SMILES string of the molecule is Cc1ccc2c(c1)[C@@H]1CCCC(=O)[C@@H]1N2C. The van der Waals surface area contributed by atoms with E-state index in [-0.39, 0.29) is 6.04 Å². The molecule has 84 valence electrons. The number of fused-ring (bicyclic) bond motifs is 3. The van der Waals surface area contributed by atoms with E-state index in [1.807, 2.05) is 0 Å². The third-order valence-corrected chi connectivity index (χ3v) is 4.03. The predicted molar refractivity (Wildman–Crippen MR) is 65.0 cm³/mol. The number of nitrogens with zero attached hydrogens (tertiary/aromatic N) is 1. The first-order valence-electron chi connectivity index (χ1n) is 6.04. The van der Waals surface area contributed by atoms with Gasteiger partial charge in [-0.05, 0) is 31.4 Å². The van der Waals surface area contributed by atoms with Crippen molar-refractivity contribution in [3.8, 4) is 0 Å². The standard InChI is InChI=1S/C14H17NO/c1-9-6-7-12-11(8-9)10-4-3-5-13(16)14(10)15(12)2/h6-8,10,14H,3-5H2,1-2H3/t10-,14+/m0/s1. The maximum absolute atomic E-state index is 12.0. The highest BCUT2D eigenvalue weighted by atomic mass is 16.1. The average Bonchev–Trinajstić information content (AvgIpc) is 2.54. The van der Waals surface area contributed by atoms with Crippen LogP contribution in [0.4, 0.5) is 5.69 Å². The number of hydrogen-bond acceptors (Lipinski definition) is 2. The number of hydrogen-bond donors (Lipinski definition) is 0. The summed E-state index contributed by atoms with van der Waals surface area (Å²) in [6.07, 6.45) is 2.98. The van der Waals surface area contributed by atoms with Crippen LogP contribution < -0.4 is 4.90 Å². The molecular weight excluding hydrogens is 198 g/mol. The van der Waals surface area contributed by atoms with E-state index in [1.54, 1.807) is 0 Å². The van der Waals surface area contributed by atoms with Crippen molar-refractivity contribution in [1.82, 2.24) is 0 Å². The van der Waals surface area contributed by atoms with Crippen LogP contribution in [0.5, 0.6) is 0 Å². The second kappa shape index (κ2) is 3.34. The van der Waals surface area contributed by atoms with Gasteiger partial charge in [-0.2, -0.15) is 0 Å². The van der Waals surface area contributed by atoms with Crippen LogP contribution in [0, 0.1) is 6.92 Å². The van der Waals surface area contributed by atoms with Gasteiger partial charge in [0.05, 0.1) is 6.04 Å². The van der Waals surface area contributed by atoms with E-state index in [0.717, 1.165) is 19.3 Å². The molecular formula is C14H17NO. The molecule has 0 radical (unpaired) electrons. The van der Waals surface area contributed by atoms with Gasteiger partial charge >= 0.3 is 0 Å². The minimum absolute atomic E-state index is 0.116. The zero-order valence-electron chi connectivity index (χ0n) is 9.86. The summed E-state index contributed by atoms with van der Waals surface area (Å²) in [4.78, 5) is 14.2. The fourth-order valence-corrected chi connectivity index (χ4v) is 3.28. The summed E-state index contributed by atoms with van der Waals surface area (Å²) >= 11 is 0. The van der Waals surface area contributed by atoms with Crippen LogP contribution in [0.1, 0.15) is 36.3 Å². The molecule has 0 saturated heterocycles. The first-order valence-corrected chi connectivity index (χ1v) is 6.04. The zero-order valence-corrected chi connectivity index (χ0v) is 9.86. The molecule has 2 heteroatoms. The number of aryl methyl sites for hydroxylation is 1. The Hall–Kier alpha value is -1.31. The maximum Gasteiger partial charge on any atom is 0.155 e. The molecule has 1 heterocycles. The van der Waals surface area contributed by atoms with E-state index in [9.17, 15) is 4.79 Å². The molecule has 1 aliphatic carbocycles. The first kappa shape index (κ1) is 9.88. The number of likely N-dealkylation sites (N-methyl/N-ethyl adjacent to an activating group) is 1. The third kappa shape index (κ3) is 1.22. The smallest absolute Gasteiger partial charge is 0.155 e. The summed E-state index contributed by atoms with van der Waals surface area (Å²) in [6.45, 7) is 2.12. The summed E-state index contributed by atoms with van der Waals surface area (Å²) in [5, 5.41) is 0. The Labute approximate surface area is 96.3 Å². The molecule has 0 spiro atoms. The number of Topliss-reactive ketones (excluding diaryl/α,β-unsaturated/α-hetero) is 1. The molecule has 1 saturated carbocycles. The minimum Gasteiger partial charge on any atom is -0.364 e. The maximum atomic E-state index is 12.0. The number of carbonyl (C=O) groups excluding carboxylic acids is 1. The van der Waals surface area contributed by atoms with Gasteiger partial charge in [-0.1, -0.05) is 17.7 Å². The van der Waals surface area contributed by atoms with Gasteiger partial charge in [-0.15, -0.1) is 0 Å². The molecule has 1 aromatic carbocycles. The van der Waals surface area contributed by atoms with Crippen LogP contribution in [-0.4, -0.2) is 18.9 Å². The highest BCUT2D eigenvalue weighted by molar-refractivity contribution is 5.92. The average molecular weight is 215 g/mol. The van der Waals surface area contributed by atoms with E-state index in [1.165, 1.54) is 16.8 Å². The van der Waals surface area contributed by atoms with E-state index >= 15 is 0 Å². The van der Waals surface area contributed by atoms with Gasteiger partial charge in [-0.3, -0.25) is 4.79 Å². The molecule has 0 unspecified atom stereocenters. The first-order chi connectivity index (χ1) is 7.68. The fourth-order valence-electron chi connectivity index (χ4n) is 3.28. The number of carbonyl (C=O) groups is 1. The lowest BCUT2D eigenvalue weighted by molar-refractivity contribution is -0.121. The highest BCUT2D eigenvalue weighted by Gasteiger charge is 2.42. The Kier molecular flexibility index (Phi) is 2.06. The molecule has 3 rings (SSSR count). The summed E-state index contributed by atoms with van der Waals surface area (Å²) in [5.41, 5.74) is 3.95. The van der Waals surface area contributed by atoms with Crippen molar-refractivity contribution in [1.29, 1.82) is 0 Å². The molecule has 16 heavy (non-hydrogen) atoms. The van der Waals surface area contributed by atoms with Gasteiger partial charge in [0.1, 0.15) is 0 Å². The van der Waals surface area contributed by atoms with E-state index < -0.39 is 0 Å². The Balaban J connectivity index is 2.11. The summed E-state index contributed by atoms with van der Waals surface area (Å²) in [7, 11) is 2.06. The van der Waals surface area contributed by atoms with Gasteiger partial charge in [0, 0.05) is 25.1 Å². The van der Waals surface area contributed by atoms with Crippen LogP contribution in [-0.2, 0) is 4.79 Å². The van der Waals surface area contributed by atoms with E-state index in [2.05, 4.69) is 37.1 Å². The number of anilines is 1. The second-order valence-corrected chi connectivity index (χ2v) is 5.08. The van der Waals surface area contributed by atoms with E-state index in [4.69, 9.17) is 0 Å². The second-order valence-electron chi connectivity index (χ2n) is 5.08. The lowest BCUT2D eigenvalue weighted by Gasteiger charge is -2.29. The molecule has 1 aliphatic heterocycles. The summed E-state index contributed by atoms with van der Waals surface area (Å²) < 4.78 is 0. The van der Waals surface area contributed by atoms with Crippen molar-refractivity contribution in [3.63, 3.8) is 0 Å². The Bertz CT molecular complexity index is 452. The quantitative estimate of drug-likeness (QED) is 0.663. The molecule has 1 fully saturated rings. The molecule has 0 aromatic heterocycles. The normalized spacial score (nSPS) is 27.9. The van der Waals surface area contributed by atoms with Gasteiger partial charge in [-0.25, -0.2) is 0 Å². The Morgan fingerprint density at radius 1 is 1.38 bits per heavy atom. The van der Waals surface area contributed by atoms with Crippen molar-refractivity contribution in [2.75, 3.05) is 11.9 Å². The highest BCUT2D eigenvalue weighted by Crippen LogP contribution is 2.45. The van der Waals surface area contributed by atoms with Gasteiger partial charge in [0.15, 0.2) is 5.78 Å². The topological polar surface area (TPSA) is 20.3 Å². The van der Waals surface area contributed by atoms with Crippen molar-refractivity contribution in [2.45, 2.75) is 38.1 Å². The van der Waals surface area contributed by atoms with Gasteiger partial charge in [0.25, 0.3) is 0 Å². The van der Waals surface area contributed by atoms with Crippen LogP contribution in [0.2, 0.25) is 0 Å². The van der Waals surface area contributed by atoms with Gasteiger partial charge < -0.3 is 4.90 Å². The number of rotatable bonds is 0. The van der Waals surface area contributed by atoms with Gasteiger partial charge in [0.2, 0.25) is 0 Å². The number of benzene rings is 1. The largest absolute Gasteiger partial charge is 0.364 e. The molecule has 2 nitrogen and oxygen atoms in total. The van der Waals surface area contributed by atoms with Crippen molar-refractivity contribution >= 4 is 11.5 Å². The van der Waals surface area contributed by atoms with E-state index in [0.29, 0.717) is 11.7 Å². The molecule has 0 N–H and O–H groups in total.